The van der Waals surface area contributed by atoms with Crippen LogP contribution < -0.4 is 5.32 Å². The zero-order valence-corrected chi connectivity index (χ0v) is 19.3. The fraction of sp³-hybridized carbons (Fsp3) is 0.417. The van der Waals surface area contributed by atoms with Gasteiger partial charge in [-0.1, -0.05) is 31.2 Å². The molecule has 4 rings (SSSR count). The van der Waals surface area contributed by atoms with Gasteiger partial charge in [0.2, 0.25) is 5.91 Å². The molecule has 1 N–H and O–H groups in total. The van der Waals surface area contributed by atoms with E-state index < -0.39 is 10.0 Å². The van der Waals surface area contributed by atoms with E-state index in [9.17, 15) is 13.2 Å². The van der Waals surface area contributed by atoms with E-state index in [2.05, 4.69) is 16.6 Å². The van der Waals surface area contributed by atoms with Gasteiger partial charge in [0.25, 0.3) is 10.0 Å². The number of rotatable bonds is 6. The average molecular weight is 456 g/mol. The number of hydrogen-bond donors (Lipinski definition) is 1. The predicted molar refractivity (Wildman–Crippen MR) is 124 cm³/mol. The maximum atomic E-state index is 12.8. The van der Waals surface area contributed by atoms with Crippen LogP contribution in [0.2, 0.25) is 0 Å². The fourth-order valence-corrected chi connectivity index (χ4v) is 5.82. The molecule has 32 heavy (non-hydrogen) atoms. The van der Waals surface area contributed by atoms with Gasteiger partial charge in [0.05, 0.1) is 6.26 Å². The van der Waals surface area contributed by atoms with Crippen LogP contribution in [0.1, 0.15) is 43.6 Å². The first-order valence-electron chi connectivity index (χ1n) is 11.1. The second-order valence-electron chi connectivity index (χ2n) is 8.28. The highest BCUT2D eigenvalue weighted by atomic mass is 32.2. The lowest BCUT2D eigenvalue weighted by Crippen LogP contribution is -2.43. The Balaban J connectivity index is 1.38. The zero-order chi connectivity index (χ0) is 22.7. The smallest absolute Gasteiger partial charge is 0.285 e. The molecule has 2 aliphatic rings. The molecular weight excluding hydrogens is 426 g/mol. The molecule has 0 saturated carbocycles. The van der Waals surface area contributed by atoms with Crippen LogP contribution >= 0.6 is 0 Å². The number of piperidine rings is 1. The number of amides is 1. The monoisotopic (exact) mass is 455 g/mol. The molecule has 0 bridgehead atoms. The zero-order valence-electron chi connectivity index (χ0n) is 18.5. The third-order valence-corrected chi connectivity index (χ3v) is 7.65. The van der Waals surface area contributed by atoms with Crippen molar-refractivity contribution in [3.8, 4) is 0 Å². The fourth-order valence-electron chi connectivity index (χ4n) is 4.34. The van der Waals surface area contributed by atoms with Crippen molar-refractivity contribution in [2.24, 2.45) is 10.3 Å². The van der Waals surface area contributed by atoms with E-state index in [1.165, 1.54) is 0 Å². The Kier molecular flexibility index (Phi) is 6.50. The second kappa shape index (κ2) is 9.32. The van der Waals surface area contributed by atoms with Gasteiger partial charge in [-0.05, 0) is 49.4 Å². The minimum atomic E-state index is -3.73. The molecule has 0 atom stereocenters. The molecular formula is C24H29N3O4S. The van der Waals surface area contributed by atoms with Gasteiger partial charge in [0.15, 0.2) is 0 Å². The number of likely N-dealkylation sites (tertiary alicyclic amines) is 1. The number of amidine groups is 1. The number of aryl methyl sites for hydroxylation is 1. The van der Waals surface area contributed by atoms with E-state index in [0.29, 0.717) is 55.9 Å². The summed E-state index contributed by atoms with van der Waals surface area (Å²) in [5.74, 6) is 1.33. The quantitative estimate of drug-likeness (QED) is 0.721. The van der Waals surface area contributed by atoms with Crippen LogP contribution in [0.15, 0.2) is 57.0 Å². The highest BCUT2D eigenvalue weighted by Gasteiger charge is 2.35. The summed E-state index contributed by atoms with van der Waals surface area (Å²) < 4.78 is 35.0. The number of hydrogen-bond acceptors (Lipinski definition) is 5. The number of nitrogens with one attached hydrogen (secondary N) is 1. The van der Waals surface area contributed by atoms with Crippen LogP contribution in [0.3, 0.4) is 0 Å². The van der Waals surface area contributed by atoms with E-state index in [4.69, 9.17) is 4.42 Å². The van der Waals surface area contributed by atoms with Crippen molar-refractivity contribution in [3.63, 3.8) is 0 Å². The second-order valence-corrected chi connectivity index (χ2v) is 9.82. The standard InChI is InChI=1S/C24H29N3O4S/c1-3-18-6-8-19(9-7-18)22-17(2)23(26-32(22,29)30)27-14-11-20(12-15-27)24(28)25-13-10-21-5-4-16-31-21/h4-9,16,20H,3,10-15H2,1-2H3,(H,25,28). The molecule has 7 nitrogen and oxygen atoms in total. The average Bonchev–Trinajstić information content (AvgIpc) is 3.39. The molecule has 0 aliphatic carbocycles. The number of furan rings is 1. The van der Waals surface area contributed by atoms with E-state index in [1.54, 1.807) is 6.26 Å². The Hall–Kier alpha value is -2.87. The van der Waals surface area contributed by atoms with Crippen LogP contribution in [-0.4, -0.2) is 44.7 Å². The number of carbonyl (C=O) groups is 1. The Labute approximate surface area is 189 Å². The topological polar surface area (TPSA) is 92.0 Å². The van der Waals surface area contributed by atoms with Crippen molar-refractivity contribution >= 4 is 26.7 Å². The van der Waals surface area contributed by atoms with Crippen LogP contribution in [0.4, 0.5) is 0 Å². The van der Waals surface area contributed by atoms with E-state index >= 15 is 0 Å². The van der Waals surface area contributed by atoms with Crippen LogP contribution in [0.5, 0.6) is 0 Å². The molecule has 1 amide bonds. The number of sulfonamides is 1. The van der Waals surface area contributed by atoms with Gasteiger partial charge in [-0.2, -0.15) is 8.42 Å². The van der Waals surface area contributed by atoms with Gasteiger partial charge >= 0.3 is 0 Å². The predicted octanol–water partition coefficient (Wildman–Crippen LogP) is 3.39. The number of carbonyl (C=O) groups excluding carboxylic acids is 1. The number of nitrogens with zero attached hydrogens (tertiary/aromatic N) is 2. The van der Waals surface area contributed by atoms with Crippen molar-refractivity contribution in [3.05, 3.63) is 65.1 Å². The maximum absolute atomic E-state index is 12.8. The lowest BCUT2D eigenvalue weighted by Gasteiger charge is -2.32. The largest absolute Gasteiger partial charge is 0.469 e. The van der Waals surface area contributed by atoms with E-state index in [0.717, 1.165) is 17.7 Å². The van der Waals surface area contributed by atoms with Crippen LogP contribution in [-0.2, 0) is 27.7 Å². The van der Waals surface area contributed by atoms with Crippen molar-refractivity contribution < 1.29 is 17.6 Å². The lowest BCUT2D eigenvalue weighted by atomic mass is 9.95. The molecule has 1 aromatic heterocycles. The van der Waals surface area contributed by atoms with Crippen molar-refractivity contribution in [2.45, 2.75) is 39.5 Å². The summed E-state index contributed by atoms with van der Waals surface area (Å²) in [5.41, 5.74) is 2.51. The molecule has 170 valence electrons. The summed E-state index contributed by atoms with van der Waals surface area (Å²) in [6.45, 7) is 5.63. The molecule has 1 fully saturated rings. The molecule has 0 spiro atoms. The molecule has 0 unspecified atom stereocenters. The number of benzene rings is 1. The Bertz CT molecular complexity index is 1120. The SMILES string of the molecule is CCc1ccc(C2=C(C)C(N3CCC(C(=O)NCCc4ccco4)CC3)=NS2(=O)=O)cc1. The van der Waals surface area contributed by atoms with Gasteiger partial charge in [-0.3, -0.25) is 4.79 Å². The van der Waals surface area contributed by atoms with Crippen molar-refractivity contribution in [1.29, 1.82) is 0 Å². The third kappa shape index (κ3) is 4.65. The minimum absolute atomic E-state index is 0.0427. The molecule has 2 aliphatic heterocycles. The molecule has 2 aromatic rings. The summed E-state index contributed by atoms with van der Waals surface area (Å²) in [4.78, 5) is 14.8. The minimum Gasteiger partial charge on any atom is -0.469 e. The first kappa shape index (κ1) is 22.3. The van der Waals surface area contributed by atoms with Crippen molar-refractivity contribution in [2.75, 3.05) is 19.6 Å². The highest BCUT2D eigenvalue weighted by Crippen LogP contribution is 2.34. The molecule has 0 radical (unpaired) electrons. The van der Waals surface area contributed by atoms with Gasteiger partial charge in [-0.25, -0.2) is 0 Å². The summed E-state index contributed by atoms with van der Waals surface area (Å²) in [7, 11) is -3.73. The lowest BCUT2D eigenvalue weighted by molar-refractivity contribution is -0.126. The Morgan fingerprint density at radius 3 is 2.53 bits per heavy atom. The summed E-state index contributed by atoms with van der Waals surface area (Å²) in [6.07, 6.45) is 4.52. The third-order valence-electron chi connectivity index (χ3n) is 6.18. The molecule has 1 aromatic carbocycles. The Morgan fingerprint density at radius 2 is 1.91 bits per heavy atom. The highest BCUT2D eigenvalue weighted by molar-refractivity contribution is 8.00. The molecule has 8 heteroatoms. The Morgan fingerprint density at radius 1 is 1.19 bits per heavy atom. The first-order valence-corrected chi connectivity index (χ1v) is 12.5. The normalized spacial score (nSPS) is 18.7. The summed E-state index contributed by atoms with van der Waals surface area (Å²) >= 11 is 0. The summed E-state index contributed by atoms with van der Waals surface area (Å²) in [6, 6.07) is 11.3. The molecule has 3 heterocycles. The molecule has 1 saturated heterocycles. The van der Waals surface area contributed by atoms with Crippen LogP contribution in [0, 0.1) is 5.92 Å². The first-order chi connectivity index (χ1) is 15.4. The van der Waals surface area contributed by atoms with Crippen molar-refractivity contribution in [1.82, 2.24) is 10.2 Å². The maximum Gasteiger partial charge on any atom is 0.285 e. The van der Waals surface area contributed by atoms with Crippen LogP contribution in [0.25, 0.3) is 4.91 Å². The summed E-state index contributed by atoms with van der Waals surface area (Å²) in [5, 5.41) is 2.98. The van der Waals surface area contributed by atoms with E-state index in [1.807, 2.05) is 48.2 Å². The van der Waals surface area contributed by atoms with Gasteiger partial charge in [0.1, 0.15) is 16.5 Å². The van der Waals surface area contributed by atoms with E-state index in [-0.39, 0.29) is 16.7 Å². The van der Waals surface area contributed by atoms with Gasteiger partial charge in [0, 0.05) is 37.5 Å². The van der Waals surface area contributed by atoms with Gasteiger partial charge in [-0.15, -0.1) is 4.40 Å². The van der Waals surface area contributed by atoms with Gasteiger partial charge < -0.3 is 14.6 Å².